The predicted molar refractivity (Wildman–Crippen MR) is 123 cm³/mol. The lowest BCUT2D eigenvalue weighted by Gasteiger charge is -2.14. The van der Waals surface area contributed by atoms with Gasteiger partial charge in [-0.1, -0.05) is 78.4 Å². The van der Waals surface area contributed by atoms with Crippen LogP contribution in [-0.4, -0.2) is 19.2 Å². The lowest BCUT2D eigenvalue weighted by molar-refractivity contribution is 0.143. The van der Waals surface area contributed by atoms with E-state index in [4.69, 9.17) is 16.3 Å². The van der Waals surface area contributed by atoms with Crippen molar-refractivity contribution in [3.05, 3.63) is 100 Å². The van der Waals surface area contributed by atoms with Crippen LogP contribution in [0.25, 0.3) is 17.2 Å². The number of hydrogen-bond acceptors (Lipinski definition) is 2. The second-order valence-corrected chi connectivity index (χ2v) is 7.88. The third kappa shape index (κ3) is 4.42. The number of carbonyl (C=O) groups is 1. The van der Waals surface area contributed by atoms with Crippen LogP contribution in [-0.2, 0) is 4.74 Å². The summed E-state index contributed by atoms with van der Waals surface area (Å²) in [6, 6.07) is 22.5. The summed E-state index contributed by atoms with van der Waals surface area (Å²) in [5.41, 5.74) is 7.14. The Hall–Kier alpha value is -3.04. The highest BCUT2D eigenvalue weighted by molar-refractivity contribution is 6.30. The van der Waals surface area contributed by atoms with Crippen molar-refractivity contribution in [3.8, 4) is 11.1 Å². The minimum absolute atomic E-state index is 0.0796. The highest BCUT2D eigenvalue weighted by atomic mass is 35.5. The van der Waals surface area contributed by atoms with Gasteiger partial charge in [0.15, 0.2) is 0 Å². The maximum atomic E-state index is 12.2. The molecule has 0 unspecified atom stereocenters. The van der Waals surface area contributed by atoms with Crippen LogP contribution >= 0.6 is 11.6 Å². The lowest BCUT2D eigenvalue weighted by Crippen LogP contribution is -2.26. The lowest BCUT2D eigenvalue weighted by atomic mass is 9.98. The number of nitrogens with one attached hydrogen (secondary N) is 1. The Morgan fingerprint density at radius 1 is 1.03 bits per heavy atom. The summed E-state index contributed by atoms with van der Waals surface area (Å²) in [7, 11) is 0. The van der Waals surface area contributed by atoms with Gasteiger partial charge in [-0.25, -0.2) is 4.79 Å². The molecule has 1 aliphatic rings. The summed E-state index contributed by atoms with van der Waals surface area (Å²) in [6.45, 7) is 2.89. The van der Waals surface area contributed by atoms with Crippen LogP contribution in [0.5, 0.6) is 0 Å². The fourth-order valence-electron chi connectivity index (χ4n) is 3.94. The summed E-state index contributed by atoms with van der Waals surface area (Å²) in [5.74, 6) is 0.0796. The fraction of sp³-hybridized carbons (Fsp3) is 0.192. The summed E-state index contributed by atoms with van der Waals surface area (Å²) in [4.78, 5) is 12.2. The van der Waals surface area contributed by atoms with Gasteiger partial charge in [-0.05, 0) is 58.9 Å². The summed E-state index contributed by atoms with van der Waals surface area (Å²) in [6.07, 6.45) is 4.44. The van der Waals surface area contributed by atoms with Gasteiger partial charge in [0.2, 0.25) is 0 Å². The molecule has 4 heteroatoms. The number of ether oxygens (including phenoxy) is 1. The third-order valence-corrected chi connectivity index (χ3v) is 5.69. The van der Waals surface area contributed by atoms with E-state index in [1.165, 1.54) is 22.3 Å². The van der Waals surface area contributed by atoms with Crippen molar-refractivity contribution in [1.29, 1.82) is 0 Å². The minimum atomic E-state index is -0.382. The first-order valence-electron chi connectivity index (χ1n) is 10.1. The van der Waals surface area contributed by atoms with Crippen LogP contribution in [0, 0.1) is 6.92 Å². The average Bonchev–Trinajstić information content (AvgIpc) is 3.07. The quantitative estimate of drug-likeness (QED) is 0.459. The van der Waals surface area contributed by atoms with Crippen LogP contribution in [0.15, 0.2) is 72.8 Å². The second kappa shape index (κ2) is 9.19. The minimum Gasteiger partial charge on any atom is -0.449 e. The first kappa shape index (κ1) is 20.2. The number of rotatable bonds is 6. The number of halogens is 1. The molecule has 3 aromatic rings. The maximum absolute atomic E-state index is 12.2. The normalized spacial score (nSPS) is 12.6. The smallest absolute Gasteiger partial charge is 0.407 e. The average molecular weight is 418 g/mol. The maximum Gasteiger partial charge on any atom is 0.407 e. The van der Waals surface area contributed by atoms with Gasteiger partial charge in [-0.3, -0.25) is 0 Å². The number of fused-ring (bicyclic) bond motifs is 3. The molecule has 1 aliphatic carbocycles. The van der Waals surface area contributed by atoms with Crippen molar-refractivity contribution < 1.29 is 9.53 Å². The van der Waals surface area contributed by atoms with E-state index in [0.717, 1.165) is 22.6 Å². The van der Waals surface area contributed by atoms with Gasteiger partial charge in [0, 0.05) is 17.5 Å². The van der Waals surface area contributed by atoms with Gasteiger partial charge >= 0.3 is 6.09 Å². The molecule has 0 atom stereocenters. The Kier molecular flexibility index (Phi) is 6.20. The Morgan fingerprint density at radius 2 is 1.70 bits per heavy atom. The Morgan fingerprint density at radius 3 is 2.37 bits per heavy atom. The van der Waals surface area contributed by atoms with E-state index >= 15 is 0 Å². The van der Waals surface area contributed by atoms with Crippen molar-refractivity contribution in [2.45, 2.75) is 19.3 Å². The SMILES string of the molecule is Cc1cc(Cl)ccc1C=CCCNC(=O)OCC1c2ccccc2-c2ccccc21. The first-order valence-corrected chi connectivity index (χ1v) is 10.5. The van der Waals surface area contributed by atoms with Crippen molar-refractivity contribution in [3.63, 3.8) is 0 Å². The molecule has 3 nitrogen and oxygen atoms in total. The molecule has 0 heterocycles. The molecule has 0 fully saturated rings. The Balaban J connectivity index is 1.28. The summed E-state index contributed by atoms with van der Waals surface area (Å²) >= 11 is 5.98. The molecule has 30 heavy (non-hydrogen) atoms. The fourth-order valence-corrected chi connectivity index (χ4v) is 4.17. The largest absolute Gasteiger partial charge is 0.449 e. The number of benzene rings is 3. The monoisotopic (exact) mass is 417 g/mol. The van der Waals surface area contributed by atoms with Gasteiger partial charge in [-0.2, -0.15) is 0 Å². The van der Waals surface area contributed by atoms with Crippen LogP contribution in [0.1, 0.15) is 34.6 Å². The molecule has 1 N–H and O–H groups in total. The van der Waals surface area contributed by atoms with E-state index in [-0.39, 0.29) is 12.0 Å². The molecule has 1 amide bonds. The van der Waals surface area contributed by atoms with Gasteiger partial charge in [-0.15, -0.1) is 0 Å². The van der Waals surface area contributed by atoms with Crippen LogP contribution in [0.3, 0.4) is 0 Å². The van der Waals surface area contributed by atoms with Crippen LogP contribution in [0.4, 0.5) is 4.79 Å². The predicted octanol–water partition coefficient (Wildman–Crippen LogP) is 6.59. The third-order valence-electron chi connectivity index (χ3n) is 5.45. The molecule has 0 saturated heterocycles. The van der Waals surface area contributed by atoms with Gasteiger partial charge in [0.25, 0.3) is 0 Å². The zero-order valence-electron chi connectivity index (χ0n) is 16.9. The number of hydrogen-bond donors (Lipinski definition) is 1. The standard InChI is InChI=1S/C26H24ClNO2/c1-18-16-20(27)14-13-19(18)8-6-7-15-28-26(29)30-17-25-23-11-4-2-9-21(23)22-10-3-5-12-24(22)25/h2-6,8-14,16,25H,7,15,17H2,1H3,(H,28,29). The molecule has 0 aliphatic heterocycles. The van der Waals surface area contributed by atoms with E-state index in [1.807, 2.05) is 61.5 Å². The zero-order valence-corrected chi connectivity index (χ0v) is 17.7. The zero-order chi connectivity index (χ0) is 20.9. The molecule has 0 spiro atoms. The Labute approximate surface area is 182 Å². The summed E-state index contributed by atoms with van der Waals surface area (Å²) in [5, 5.41) is 3.57. The molecule has 0 aromatic heterocycles. The van der Waals surface area contributed by atoms with Crippen LogP contribution < -0.4 is 5.32 Å². The number of amides is 1. The second-order valence-electron chi connectivity index (χ2n) is 7.44. The number of carbonyl (C=O) groups excluding carboxylic acids is 1. The molecule has 0 radical (unpaired) electrons. The molecule has 0 bridgehead atoms. The molecular formula is C26H24ClNO2. The molecule has 0 saturated carbocycles. The topological polar surface area (TPSA) is 38.3 Å². The van der Waals surface area contributed by atoms with Crippen molar-refractivity contribution in [2.24, 2.45) is 0 Å². The molecular weight excluding hydrogens is 394 g/mol. The van der Waals surface area contributed by atoms with Gasteiger partial charge < -0.3 is 10.1 Å². The highest BCUT2D eigenvalue weighted by Gasteiger charge is 2.28. The molecule has 4 rings (SSSR count). The first-order chi connectivity index (χ1) is 14.6. The van der Waals surface area contributed by atoms with E-state index in [1.54, 1.807) is 0 Å². The van der Waals surface area contributed by atoms with Gasteiger partial charge in [0.05, 0.1) is 0 Å². The van der Waals surface area contributed by atoms with Gasteiger partial charge in [0.1, 0.15) is 6.61 Å². The van der Waals surface area contributed by atoms with E-state index in [9.17, 15) is 4.79 Å². The number of aryl methyl sites for hydroxylation is 1. The summed E-state index contributed by atoms with van der Waals surface area (Å²) < 4.78 is 5.55. The highest BCUT2D eigenvalue weighted by Crippen LogP contribution is 2.44. The van der Waals surface area contributed by atoms with Crippen molar-refractivity contribution in [1.82, 2.24) is 5.32 Å². The van der Waals surface area contributed by atoms with Crippen molar-refractivity contribution in [2.75, 3.05) is 13.2 Å². The van der Waals surface area contributed by atoms with E-state index < -0.39 is 0 Å². The Bertz CT molecular complexity index is 1040. The van der Waals surface area contributed by atoms with Crippen LogP contribution in [0.2, 0.25) is 5.02 Å². The molecule has 3 aromatic carbocycles. The van der Waals surface area contributed by atoms with E-state index in [0.29, 0.717) is 13.2 Å². The van der Waals surface area contributed by atoms with E-state index in [2.05, 4.69) is 29.6 Å². The molecule has 152 valence electrons. The van der Waals surface area contributed by atoms with Crippen molar-refractivity contribution >= 4 is 23.8 Å². The number of alkyl carbamates (subject to hydrolysis) is 1.